The quantitative estimate of drug-likeness (QED) is 0.735. The lowest BCUT2D eigenvalue weighted by Crippen LogP contribution is -2.54. The van der Waals surface area contributed by atoms with E-state index in [-0.39, 0.29) is 30.5 Å². The predicted molar refractivity (Wildman–Crippen MR) is 104 cm³/mol. The molecule has 2 fully saturated rings. The number of nitrogens with zero attached hydrogens (tertiary/aromatic N) is 2. The van der Waals surface area contributed by atoms with Crippen molar-refractivity contribution >= 4 is 18.3 Å². The van der Waals surface area contributed by atoms with Crippen LogP contribution < -0.4 is 5.32 Å². The normalized spacial score (nSPS) is 22.8. The van der Waals surface area contributed by atoms with Gasteiger partial charge in [-0.05, 0) is 11.5 Å². The summed E-state index contributed by atoms with van der Waals surface area (Å²) < 4.78 is 6.25. The summed E-state index contributed by atoms with van der Waals surface area (Å²) in [6.07, 6.45) is -0.0801. The molecule has 8 nitrogen and oxygen atoms in total. The maximum Gasteiger partial charge on any atom is 0.290 e. The van der Waals surface area contributed by atoms with Gasteiger partial charge in [0.15, 0.2) is 0 Å². The smallest absolute Gasteiger partial charge is 0.290 e. The van der Waals surface area contributed by atoms with Crippen molar-refractivity contribution in [3.63, 3.8) is 0 Å². The average Bonchev–Trinajstić information content (AvgIpc) is 2.69. The highest BCUT2D eigenvalue weighted by atomic mass is 16.5. The molecule has 2 atom stereocenters. The highest BCUT2D eigenvalue weighted by molar-refractivity contribution is 5.82. The number of carbonyl (C=O) groups excluding carboxylic acids is 2. The van der Waals surface area contributed by atoms with Crippen LogP contribution >= 0.6 is 0 Å². The fourth-order valence-corrected chi connectivity index (χ4v) is 3.33. The number of amides is 2. The lowest BCUT2D eigenvalue weighted by Gasteiger charge is -2.41. The van der Waals surface area contributed by atoms with Crippen LogP contribution in [0.25, 0.3) is 0 Å². The summed E-state index contributed by atoms with van der Waals surface area (Å²) in [7, 11) is 0. The first-order chi connectivity index (χ1) is 13.4. The molecule has 2 aliphatic rings. The Morgan fingerprint density at radius 1 is 1.32 bits per heavy atom. The molecular formula is C20H29N3O5. The number of piperazine rings is 1. The number of hydrogen-bond acceptors (Lipinski definition) is 5. The Labute approximate surface area is 165 Å². The maximum absolute atomic E-state index is 12.8. The van der Waals surface area contributed by atoms with E-state index in [1.165, 1.54) is 0 Å². The summed E-state index contributed by atoms with van der Waals surface area (Å²) in [5, 5.41) is 9.68. The molecule has 0 bridgehead atoms. The van der Waals surface area contributed by atoms with Crippen LogP contribution in [0.3, 0.4) is 0 Å². The van der Waals surface area contributed by atoms with E-state index in [2.05, 4.69) is 19.2 Å². The first-order valence-electron chi connectivity index (χ1n) is 9.49. The number of carboxylic acid groups (broad SMARTS) is 1. The van der Waals surface area contributed by atoms with Gasteiger partial charge in [-0.1, -0.05) is 44.2 Å². The van der Waals surface area contributed by atoms with E-state index in [0.29, 0.717) is 38.6 Å². The molecule has 28 heavy (non-hydrogen) atoms. The number of carbonyl (C=O) groups is 3. The predicted octanol–water partition coefficient (Wildman–Crippen LogP) is 0.744. The molecular weight excluding hydrogens is 362 g/mol. The fraction of sp³-hybridized carbons (Fsp3) is 0.550. The topological polar surface area (TPSA) is 99.2 Å². The molecule has 1 aromatic rings. The van der Waals surface area contributed by atoms with Gasteiger partial charge in [0.05, 0.1) is 25.7 Å². The molecule has 0 aromatic heterocycles. The van der Waals surface area contributed by atoms with Gasteiger partial charge in [-0.15, -0.1) is 0 Å². The van der Waals surface area contributed by atoms with Crippen LogP contribution in [0.5, 0.6) is 0 Å². The zero-order valence-corrected chi connectivity index (χ0v) is 16.4. The van der Waals surface area contributed by atoms with E-state index in [0.717, 1.165) is 12.1 Å². The minimum Gasteiger partial charge on any atom is -0.483 e. The molecule has 2 heterocycles. The molecule has 154 valence electrons. The lowest BCUT2D eigenvalue weighted by molar-refractivity contribution is -0.151. The van der Waals surface area contributed by atoms with Crippen LogP contribution in [0.4, 0.5) is 0 Å². The molecule has 0 spiro atoms. The Bertz CT molecular complexity index is 653. The van der Waals surface area contributed by atoms with Gasteiger partial charge in [-0.2, -0.15) is 0 Å². The molecule has 0 unspecified atom stereocenters. The van der Waals surface area contributed by atoms with Crippen molar-refractivity contribution in [2.24, 2.45) is 5.92 Å². The van der Waals surface area contributed by atoms with E-state index in [1.807, 2.05) is 40.1 Å². The monoisotopic (exact) mass is 391 g/mol. The SMILES string of the molecule is CC(C)[C@H]1CN(C(=O)CN2CCNC(=O)C2)C[C@@H](c2ccccc2)O1.O=CO. The van der Waals surface area contributed by atoms with Crippen LogP contribution in [0, 0.1) is 5.92 Å². The van der Waals surface area contributed by atoms with Gasteiger partial charge in [-0.3, -0.25) is 19.3 Å². The Morgan fingerprint density at radius 2 is 2.00 bits per heavy atom. The summed E-state index contributed by atoms with van der Waals surface area (Å²) in [4.78, 5) is 36.5. The van der Waals surface area contributed by atoms with E-state index in [1.54, 1.807) is 0 Å². The van der Waals surface area contributed by atoms with E-state index < -0.39 is 0 Å². The second kappa shape index (κ2) is 10.8. The number of ether oxygens (including phenoxy) is 1. The largest absolute Gasteiger partial charge is 0.483 e. The molecule has 0 aliphatic carbocycles. The Balaban J connectivity index is 0.000000878. The van der Waals surface area contributed by atoms with Crippen LogP contribution in [0.2, 0.25) is 0 Å². The molecule has 3 rings (SSSR count). The van der Waals surface area contributed by atoms with Crippen molar-refractivity contribution < 1.29 is 24.2 Å². The molecule has 8 heteroatoms. The number of hydrogen-bond donors (Lipinski definition) is 2. The van der Waals surface area contributed by atoms with Crippen LogP contribution in [0.15, 0.2) is 30.3 Å². The zero-order valence-electron chi connectivity index (χ0n) is 16.4. The maximum atomic E-state index is 12.8. The average molecular weight is 391 g/mol. The number of nitrogens with one attached hydrogen (secondary N) is 1. The van der Waals surface area contributed by atoms with Crippen molar-refractivity contribution in [3.05, 3.63) is 35.9 Å². The van der Waals surface area contributed by atoms with Crippen molar-refractivity contribution in [2.75, 3.05) is 39.3 Å². The summed E-state index contributed by atoms with van der Waals surface area (Å²) in [5.74, 6) is 0.399. The Kier molecular flexibility index (Phi) is 8.41. The zero-order chi connectivity index (χ0) is 20.5. The van der Waals surface area contributed by atoms with Gasteiger partial charge in [0.25, 0.3) is 6.47 Å². The molecule has 0 saturated carbocycles. The molecule has 0 radical (unpaired) electrons. The van der Waals surface area contributed by atoms with Gasteiger partial charge >= 0.3 is 0 Å². The molecule has 1 aromatic carbocycles. The Hall–Kier alpha value is -2.45. The summed E-state index contributed by atoms with van der Waals surface area (Å²) in [5.41, 5.74) is 1.10. The van der Waals surface area contributed by atoms with E-state index >= 15 is 0 Å². The Morgan fingerprint density at radius 3 is 2.61 bits per heavy atom. The second-order valence-corrected chi connectivity index (χ2v) is 7.28. The molecule has 2 amide bonds. The minimum atomic E-state index is -0.250. The summed E-state index contributed by atoms with van der Waals surface area (Å²) in [6.45, 7) is 7.08. The van der Waals surface area contributed by atoms with Gasteiger partial charge < -0.3 is 20.1 Å². The van der Waals surface area contributed by atoms with Crippen molar-refractivity contribution in [1.29, 1.82) is 0 Å². The fourth-order valence-electron chi connectivity index (χ4n) is 3.33. The van der Waals surface area contributed by atoms with Gasteiger partial charge in [0, 0.05) is 19.6 Å². The molecule has 2 N–H and O–H groups in total. The first-order valence-corrected chi connectivity index (χ1v) is 9.49. The standard InChI is InChI=1S/C19H27N3O3.CH2O2/c1-14(2)16-10-22(11-17(25-16)15-6-4-3-5-7-15)19(24)13-21-9-8-20-18(23)12-21;2-1-3/h3-7,14,16-17H,8-13H2,1-2H3,(H,20,23);1H,(H,2,3)/t16-,17+;/m1./s1. The number of morpholine rings is 1. The van der Waals surface area contributed by atoms with Crippen LogP contribution in [-0.4, -0.2) is 78.6 Å². The van der Waals surface area contributed by atoms with E-state index in [9.17, 15) is 9.59 Å². The van der Waals surface area contributed by atoms with Gasteiger partial charge in [0.2, 0.25) is 11.8 Å². The minimum absolute atomic E-state index is 0.0109. The third kappa shape index (κ3) is 6.31. The highest BCUT2D eigenvalue weighted by Crippen LogP contribution is 2.28. The highest BCUT2D eigenvalue weighted by Gasteiger charge is 2.33. The number of rotatable bonds is 4. The second-order valence-electron chi connectivity index (χ2n) is 7.28. The van der Waals surface area contributed by atoms with Crippen molar-refractivity contribution in [3.8, 4) is 0 Å². The lowest BCUT2D eigenvalue weighted by atomic mass is 10.0. The van der Waals surface area contributed by atoms with Gasteiger partial charge in [-0.25, -0.2) is 0 Å². The summed E-state index contributed by atoms with van der Waals surface area (Å²) >= 11 is 0. The van der Waals surface area contributed by atoms with Gasteiger partial charge in [0.1, 0.15) is 6.10 Å². The first kappa shape index (κ1) is 21.8. The van der Waals surface area contributed by atoms with Crippen molar-refractivity contribution in [2.45, 2.75) is 26.1 Å². The van der Waals surface area contributed by atoms with E-state index in [4.69, 9.17) is 14.6 Å². The summed E-state index contributed by atoms with van der Waals surface area (Å²) in [6, 6.07) is 10.1. The number of benzene rings is 1. The molecule has 2 aliphatic heterocycles. The van der Waals surface area contributed by atoms with Crippen molar-refractivity contribution in [1.82, 2.24) is 15.1 Å². The third-order valence-electron chi connectivity index (χ3n) is 4.87. The third-order valence-corrected chi connectivity index (χ3v) is 4.87. The molecule has 2 saturated heterocycles. The van der Waals surface area contributed by atoms with Crippen LogP contribution in [0.1, 0.15) is 25.5 Å². The van der Waals surface area contributed by atoms with Crippen LogP contribution in [-0.2, 0) is 19.1 Å².